The number of hydrogen-bond donors (Lipinski definition) is 0. The van der Waals surface area contributed by atoms with Gasteiger partial charge in [-0.3, -0.25) is 4.90 Å². The molecule has 0 fully saturated rings. The molecule has 0 bridgehead atoms. The molecule has 1 rings (SSSR count). The van der Waals surface area contributed by atoms with E-state index in [1.807, 2.05) is 25.1 Å². The highest BCUT2D eigenvalue weighted by atomic mass is 16.5. The van der Waals surface area contributed by atoms with Crippen LogP contribution in [0.3, 0.4) is 0 Å². The summed E-state index contributed by atoms with van der Waals surface area (Å²) in [5.74, 6) is 0.690. The summed E-state index contributed by atoms with van der Waals surface area (Å²) in [4.78, 5) is 2.38. The average Bonchev–Trinajstić information content (AvgIpc) is 2.33. The topological polar surface area (TPSA) is 36.3 Å². The van der Waals surface area contributed by atoms with Crippen LogP contribution in [-0.4, -0.2) is 30.1 Å². The number of benzene rings is 1. The third-order valence-electron chi connectivity index (χ3n) is 3.19. The Balaban J connectivity index is 2.62. The number of aryl methyl sites for hydroxylation is 1. The first-order valence-electron chi connectivity index (χ1n) is 6.85. The minimum Gasteiger partial charge on any atom is -0.491 e. The minimum atomic E-state index is 0.497. The van der Waals surface area contributed by atoms with Crippen molar-refractivity contribution in [2.75, 3.05) is 13.2 Å². The molecule has 0 saturated heterocycles. The van der Waals surface area contributed by atoms with E-state index in [-0.39, 0.29) is 0 Å². The van der Waals surface area contributed by atoms with E-state index in [0.29, 0.717) is 30.0 Å². The maximum atomic E-state index is 9.05. The van der Waals surface area contributed by atoms with Crippen LogP contribution in [0.4, 0.5) is 0 Å². The highest BCUT2D eigenvalue weighted by Crippen LogP contribution is 2.19. The van der Waals surface area contributed by atoms with Gasteiger partial charge in [-0.05, 0) is 52.3 Å². The molecular formula is C16H24N2O. The lowest BCUT2D eigenvalue weighted by Crippen LogP contribution is -2.39. The Bertz CT molecular complexity index is 439. The van der Waals surface area contributed by atoms with Crippen molar-refractivity contribution in [1.82, 2.24) is 4.90 Å². The Hall–Kier alpha value is -1.53. The molecule has 0 amide bonds. The van der Waals surface area contributed by atoms with Gasteiger partial charge in [0.2, 0.25) is 0 Å². The third-order valence-corrected chi connectivity index (χ3v) is 3.19. The Morgan fingerprint density at radius 1 is 1.21 bits per heavy atom. The first kappa shape index (κ1) is 15.5. The molecule has 3 heteroatoms. The summed E-state index contributed by atoms with van der Waals surface area (Å²) in [5.41, 5.74) is 1.71. The number of nitriles is 1. The van der Waals surface area contributed by atoms with Crippen molar-refractivity contribution < 1.29 is 4.74 Å². The van der Waals surface area contributed by atoms with Gasteiger partial charge in [-0.25, -0.2) is 0 Å². The van der Waals surface area contributed by atoms with Crippen LogP contribution >= 0.6 is 0 Å². The Kier molecular flexibility index (Phi) is 5.85. The normalized spacial score (nSPS) is 11.1. The highest BCUT2D eigenvalue weighted by molar-refractivity contribution is 5.44. The number of rotatable bonds is 6. The maximum absolute atomic E-state index is 9.05. The van der Waals surface area contributed by atoms with Gasteiger partial charge >= 0.3 is 0 Å². The lowest BCUT2D eigenvalue weighted by Gasteiger charge is -2.30. The summed E-state index contributed by atoms with van der Waals surface area (Å²) in [6.07, 6.45) is 0. The molecule has 0 atom stereocenters. The number of nitrogens with zero attached hydrogens (tertiary/aromatic N) is 2. The van der Waals surface area contributed by atoms with Crippen LogP contribution in [0.1, 0.15) is 38.8 Å². The predicted octanol–water partition coefficient (Wildman–Crippen LogP) is 3.36. The van der Waals surface area contributed by atoms with E-state index in [0.717, 1.165) is 12.1 Å². The number of ether oxygens (including phenoxy) is 1. The van der Waals surface area contributed by atoms with Crippen LogP contribution < -0.4 is 4.74 Å². The van der Waals surface area contributed by atoms with E-state index in [4.69, 9.17) is 10.00 Å². The fourth-order valence-electron chi connectivity index (χ4n) is 2.22. The summed E-state index contributed by atoms with van der Waals surface area (Å²) in [6, 6.07) is 8.83. The SMILES string of the molecule is Cc1ccc(C#N)c(OCCN(C(C)C)C(C)C)c1. The monoisotopic (exact) mass is 260 g/mol. The number of hydrogen-bond acceptors (Lipinski definition) is 3. The molecule has 0 spiro atoms. The lowest BCUT2D eigenvalue weighted by molar-refractivity contribution is 0.142. The standard InChI is InChI=1S/C16H24N2O/c1-12(2)18(13(3)4)8-9-19-16-10-14(5)6-7-15(16)11-17/h6-7,10,12-13H,8-9H2,1-5H3. The van der Waals surface area contributed by atoms with Crippen molar-refractivity contribution in [3.05, 3.63) is 29.3 Å². The van der Waals surface area contributed by atoms with Gasteiger partial charge in [0, 0.05) is 18.6 Å². The predicted molar refractivity (Wildman–Crippen MR) is 78.4 cm³/mol. The van der Waals surface area contributed by atoms with Crippen LogP contribution in [0.5, 0.6) is 5.75 Å². The molecule has 0 unspecified atom stereocenters. The van der Waals surface area contributed by atoms with Crippen molar-refractivity contribution in [1.29, 1.82) is 5.26 Å². The Labute approximate surface area is 116 Å². The second-order valence-electron chi connectivity index (χ2n) is 5.39. The van der Waals surface area contributed by atoms with E-state index in [2.05, 4.69) is 38.7 Å². The summed E-state index contributed by atoms with van der Waals surface area (Å²) in [7, 11) is 0. The summed E-state index contributed by atoms with van der Waals surface area (Å²) >= 11 is 0. The molecule has 1 aromatic rings. The van der Waals surface area contributed by atoms with Gasteiger partial charge in [0.05, 0.1) is 5.56 Å². The maximum Gasteiger partial charge on any atom is 0.137 e. The van der Waals surface area contributed by atoms with Crippen LogP contribution in [0.25, 0.3) is 0 Å². The molecule has 0 aliphatic rings. The highest BCUT2D eigenvalue weighted by Gasteiger charge is 2.13. The van der Waals surface area contributed by atoms with Gasteiger partial charge in [-0.15, -0.1) is 0 Å². The van der Waals surface area contributed by atoms with E-state index < -0.39 is 0 Å². The van der Waals surface area contributed by atoms with Crippen LogP contribution in [0.2, 0.25) is 0 Å². The molecule has 0 aliphatic heterocycles. The smallest absolute Gasteiger partial charge is 0.137 e. The lowest BCUT2D eigenvalue weighted by atomic mass is 10.1. The average molecular weight is 260 g/mol. The van der Waals surface area contributed by atoms with Gasteiger partial charge in [-0.1, -0.05) is 6.07 Å². The van der Waals surface area contributed by atoms with Crippen LogP contribution in [0.15, 0.2) is 18.2 Å². The summed E-state index contributed by atoms with van der Waals surface area (Å²) in [6.45, 7) is 12.2. The molecule has 0 radical (unpaired) electrons. The molecular weight excluding hydrogens is 236 g/mol. The molecule has 1 aromatic carbocycles. The molecule has 0 saturated carbocycles. The summed E-state index contributed by atoms with van der Waals surface area (Å²) < 4.78 is 5.78. The second-order valence-corrected chi connectivity index (χ2v) is 5.39. The van der Waals surface area contributed by atoms with Crippen LogP contribution in [-0.2, 0) is 0 Å². The van der Waals surface area contributed by atoms with Gasteiger partial charge in [0.25, 0.3) is 0 Å². The van der Waals surface area contributed by atoms with Crippen LogP contribution in [0, 0.1) is 18.3 Å². The zero-order chi connectivity index (χ0) is 14.4. The Morgan fingerprint density at radius 3 is 2.37 bits per heavy atom. The van der Waals surface area contributed by atoms with E-state index >= 15 is 0 Å². The van der Waals surface area contributed by atoms with E-state index in [1.54, 1.807) is 0 Å². The Morgan fingerprint density at radius 2 is 1.84 bits per heavy atom. The molecule has 0 aromatic heterocycles. The van der Waals surface area contributed by atoms with Gasteiger partial charge in [0.15, 0.2) is 0 Å². The fourth-order valence-corrected chi connectivity index (χ4v) is 2.22. The van der Waals surface area contributed by atoms with Crippen molar-refractivity contribution in [3.63, 3.8) is 0 Å². The third kappa shape index (κ3) is 4.57. The van der Waals surface area contributed by atoms with Crippen molar-refractivity contribution in [2.24, 2.45) is 0 Å². The zero-order valence-electron chi connectivity index (χ0n) is 12.6. The van der Waals surface area contributed by atoms with Crippen molar-refractivity contribution in [3.8, 4) is 11.8 Å². The molecule has 0 heterocycles. The van der Waals surface area contributed by atoms with E-state index in [1.165, 1.54) is 0 Å². The first-order chi connectivity index (χ1) is 8.95. The molecule has 0 N–H and O–H groups in total. The molecule has 3 nitrogen and oxygen atoms in total. The summed E-state index contributed by atoms with van der Waals surface area (Å²) in [5, 5.41) is 9.05. The zero-order valence-corrected chi connectivity index (χ0v) is 12.6. The first-order valence-corrected chi connectivity index (χ1v) is 6.85. The van der Waals surface area contributed by atoms with E-state index in [9.17, 15) is 0 Å². The minimum absolute atomic E-state index is 0.497. The second kappa shape index (κ2) is 7.16. The largest absolute Gasteiger partial charge is 0.491 e. The fraction of sp³-hybridized carbons (Fsp3) is 0.562. The quantitative estimate of drug-likeness (QED) is 0.787. The van der Waals surface area contributed by atoms with Crippen molar-refractivity contribution >= 4 is 0 Å². The molecule has 104 valence electrons. The van der Waals surface area contributed by atoms with Gasteiger partial charge in [0.1, 0.15) is 18.4 Å². The molecule has 19 heavy (non-hydrogen) atoms. The molecule has 0 aliphatic carbocycles. The van der Waals surface area contributed by atoms with Gasteiger partial charge < -0.3 is 4.74 Å². The van der Waals surface area contributed by atoms with Gasteiger partial charge in [-0.2, -0.15) is 5.26 Å². The van der Waals surface area contributed by atoms with Crippen molar-refractivity contribution in [2.45, 2.75) is 46.7 Å².